The molecule has 0 atom stereocenters. The van der Waals surface area contributed by atoms with Crippen molar-refractivity contribution in [2.45, 2.75) is 6.92 Å². The molecule has 18 heavy (non-hydrogen) atoms. The fraction of sp³-hybridized carbons (Fsp3) is 0.0769. The number of carboxylic acids is 1. The number of primary amides is 1. The average Bonchev–Trinajstić information content (AvgIpc) is 2.77. The summed E-state index contributed by atoms with van der Waals surface area (Å²) in [6.07, 6.45) is 0. The van der Waals surface area contributed by atoms with Crippen molar-refractivity contribution in [2.24, 2.45) is 5.73 Å². The van der Waals surface area contributed by atoms with E-state index in [2.05, 4.69) is 0 Å². The highest BCUT2D eigenvalue weighted by Crippen LogP contribution is 2.29. The highest BCUT2D eigenvalue weighted by Gasteiger charge is 2.15. The molecule has 0 aliphatic carbocycles. The molecular formula is C13H11NO3S. The summed E-state index contributed by atoms with van der Waals surface area (Å²) in [5, 5.41) is 10.6. The maximum absolute atomic E-state index is 11.5. The Balaban J connectivity index is 2.59. The molecule has 0 aliphatic heterocycles. The van der Waals surface area contributed by atoms with Crippen molar-refractivity contribution in [3.63, 3.8) is 0 Å². The Labute approximate surface area is 108 Å². The van der Waals surface area contributed by atoms with E-state index in [0.29, 0.717) is 16.7 Å². The molecule has 0 radical (unpaired) electrons. The highest BCUT2D eigenvalue weighted by atomic mass is 32.1. The van der Waals surface area contributed by atoms with Crippen LogP contribution in [-0.2, 0) is 0 Å². The Bertz CT molecular complexity index is 631. The van der Waals surface area contributed by atoms with E-state index in [1.54, 1.807) is 30.5 Å². The van der Waals surface area contributed by atoms with Crippen LogP contribution >= 0.6 is 11.3 Å². The molecule has 4 nitrogen and oxygen atoms in total. The first-order chi connectivity index (χ1) is 8.50. The largest absolute Gasteiger partial charge is 0.477 e. The molecule has 1 heterocycles. The summed E-state index contributed by atoms with van der Waals surface area (Å²) in [5.41, 5.74) is 7.96. The van der Waals surface area contributed by atoms with Gasteiger partial charge in [0, 0.05) is 5.56 Å². The molecule has 0 saturated heterocycles. The normalized spacial score (nSPS) is 10.3. The third kappa shape index (κ3) is 2.12. The lowest BCUT2D eigenvalue weighted by atomic mass is 9.97. The van der Waals surface area contributed by atoms with Crippen LogP contribution in [0.3, 0.4) is 0 Å². The second-order valence-corrected chi connectivity index (χ2v) is 4.78. The van der Waals surface area contributed by atoms with Crippen LogP contribution in [0.2, 0.25) is 0 Å². The zero-order valence-corrected chi connectivity index (χ0v) is 10.5. The van der Waals surface area contributed by atoms with Gasteiger partial charge in [-0.2, -0.15) is 0 Å². The third-order valence-electron chi connectivity index (χ3n) is 2.64. The van der Waals surface area contributed by atoms with Gasteiger partial charge in [-0.15, -0.1) is 11.3 Å². The number of carboxylic acid groups (broad SMARTS) is 1. The Morgan fingerprint density at radius 1 is 1.33 bits per heavy atom. The van der Waals surface area contributed by atoms with Gasteiger partial charge < -0.3 is 10.8 Å². The van der Waals surface area contributed by atoms with Gasteiger partial charge in [0.2, 0.25) is 5.91 Å². The van der Waals surface area contributed by atoms with Crippen molar-refractivity contribution in [3.05, 3.63) is 45.6 Å². The smallest absolute Gasteiger partial charge is 0.345 e. The van der Waals surface area contributed by atoms with E-state index < -0.39 is 11.9 Å². The molecule has 0 bridgehead atoms. The van der Waals surface area contributed by atoms with Crippen LogP contribution in [0.1, 0.15) is 25.6 Å². The van der Waals surface area contributed by atoms with Crippen LogP contribution in [0.4, 0.5) is 0 Å². The number of rotatable bonds is 3. The van der Waals surface area contributed by atoms with Crippen molar-refractivity contribution in [2.75, 3.05) is 0 Å². The quantitative estimate of drug-likeness (QED) is 0.890. The fourth-order valence-electron chi connectivity index (χ4n) is 1.83. The first-order valence-electron chi connectivity index (χ1n) is 5.22. The molecule has 3 N–H and O–H groups in total. The Morgan fingerprint density at radius 2 is 2.06 bits per heavy atom. The van der Waals surface area contributed by atoms with Crippen molar-refractivity contribution in [1.29, 1.82) is 0 Å². The third-order valence-corrected chi connectivity index (χ3v) is 3.56. The topological polar surface area (TPSA) is 80.4 Å². The first-order valence-corrected chi connectivity index (χ1v) is 6.10. The van der Waals surface area contributed by atoms with Gasteiger partial charge in [-0.25, -0.2) is 4.79 Å². The average molecular weight is 261 g/mol. The molecule has 92 valence electrons. The Morgan fingerprint density at radius 3 is 2.61 bits per heavy atom. The monoisotopic (exact) mass is 261 g/mol. The van der Waals surface area contributed by atoms with Crippen LogP contribution in [0, 0.1) is 6.92 Å². The van der Waals surface area contributed by atoms with Gasteiger partial charge in [-0.05, 0) is 35.1 Å². The number of benzene rings is 1. The minimum Gasteiger partial charge on any atom is -0.477 e. The zero-order valence-electron chi connectivity index (χ0n) is 9.64. The molecule has 2 aromatic rings. The lowest BCUT2D eigenvalue weighted by molar-refractivity contribution is 0.0702. The maximum atomic E-state index is 11.5. The van der Waals surface area contributed by atoms with Gasteiger partial charge in [0.05, 0.1) is 0 Å². The van der Waals surface area contributed by atoms with Crippen molar-refractivity contribution in [3.8, 4) is 11.1 Å². The Kier molecular flexibility index (Phi) is 3.16. The zero-order chi connectivity index (χ0) is 13.3. The van der Waals surface area contributed by atoms with Crippen molar-refractivity contribution in [1.82, 2.24) is 0 Å². The van der Waals surface area contributed by atoms with E-state index >= 15 is 0 Å². The molecule has 0 spiro atoms. The summed E-state index contributed by atoms with van der Waals surface area (Å²) in [6, 6.07) is 6.93. The molecule has 1 aromatic carbocycles. The number of nitrogens with two attached hydrogens (primary N) is 1. The van der Waals surface area contributed by atoms with Crippen LogP contribution in [0.25, 0.3) is 11.1 Å². The minimum absolute atomic E-state index is 0.238. The van der Waals surface area contributed by atoms with Crippen molar-refractivity contribution >= 4 is 23.2 Å². The molecule has 0 aliphatic rings. The van der Waals surface area contributed by atoms with E-state index in [1.165, 1.54) is 0 Å². The number of carbonyl (C=O) groups excluding carboxylic acids is 1. The predicted molar refractivity (Wildman–Crippen MR) is 70.0 cm³/mol. The van der Waals surface area contributed by atoms with Crippen LogP contribution in [0.15, 0.2) is 29.6 Å². The van der Waals surface area contributed by atoms with Crippen LogP contribution in [0.5, 0.6) is 0 Å². The molecule has 0 fully saturated rings. The summed E-state index contributed by atoms with van der Waals surface area (Å²) in [5.74, 6) is -1.48. The molecule has 2 rings (SSSR count). The highest BCUT2D eigenvalue weighted by molar-refractivity contribution is 7.12. The molecule has 1 aromatic heterocycles. The SMILES string of the molecule is Cc1cccc(-c2csc(C(=O)O)c2)c1C(N)=O. The van der Waals surface area contributed by atoms with Gasteiger partial charge in [0.15, 0.2) is 0 Å². The Hall–Kier alpha value is -2.14. The summed E-state index contributed by atoms with van der Waals surface area (Å²) in [4.78, 5) is 22.6. The maximum Gasteiger partial charge on any atom is 0.345 e. The lowest BCUT2D eigenvalue weighted by Gasteiger charge is -2.07. The predicted octanol–water partition coefficient (Wildman–Crippen LogP) is 2.52. The molecule has 0 saturated carbocycles. The number of thiophene rings is 1. The first kappa shape index (κ1) is 12.3. The molecular weight excluding hydrogens is 250 g/mol. The molecule has 1 amide bonds. The number of hydrogen-bond acceptors (Lipinski definition) is 3. The standard InChI is InChI=1S/C13H11NO3S/c1-7-3-2-4-9(11(7)12(14)15)8-5-10(13(16)17)18-6-8/h2-6H,1H3,(H2,14,15)(H,16,17). The second-order valence-electron chi connectivity index (χ2n) is 3.87. The van der Waals surface area contributed by atoms with Gasteiger partial charge >= 0.3 is 5.97 Å². The summed E-state index contributed by atoms with van der Waals surface area (Å²) in [6.45, 7) is 1.80. The summed E-state index contributed by atoms with van der Waals surface area (Å²) < 4.78 is 0. The van der Waals surface area contributed by atoms with Crippen LogP contribution < -0.4 is 5.73 Å². The minimum atomic E-state index is -0.973. The van der Waals surface area contributed by atoms with E-state index in [0.717, 1.165) is 16.9 Å². The molecule has 0 unspecified atom stereocenters. The lowest BCUT2D eigenvalue weighted by Crippen LogP contribution is -2.14. The number of amides is 1. The van der Waals surface area contributed by atoms with Crippen LogP contribution in [-0.4, -0.2) is 17.0 Å². The number of aromatic carboxylic acids is 1. The number of hydrogen-bond donors (Lipinski definition) is 2. The van der Waals surface area contributed by atoms with Gasteiger partial charge in [-0.3, -0.25) is 4.79 Å². The number of carbonyl (C=O) groups is 2. The summed E-state index contributed by atoms with van der Waals surface area (Å²) in [7, 11) is 0. The van der Waals surface area contributed by atoms with Gasteiger partial charge in [0.25, 0.3) is 0 Å². The van der Waals surface area contributed by atoms with E-state index in [4.69, 9.17) is 10.8 Å². The van der Waals surface area contributed by atoms with Crippen molar-refractivity contribution < 1.29 is 14.7 Å². The van der Waals surface area contributed by atoms with E-state index in [9.17, 15) is 9.59 Å². The van der Waals surface area contributed by atoms with Gasteiger partial charge in [0.1, 0.15) is 4.88 Å². The van der Waals surface area contributed by atoms with E-state index in [-0.39, 0.29) is 4.88 Å². The second kappa shape index (κ2) is 4.62. The van der Waals surface area contributed by atoms with Gasteiger partial charge in [-0.1, -0.05) is 18.2 Å². The number of aryl methyl sites for hydroxylation is 1. The van der Waals surface area contributed by atoms with E-state index in [1.807, 2.05) is 6.07 Å². The summed E-state index contributed by atoms with van der Waals surface area (Å²) >= 11 is 1.13. The fourth-order valence-corrected chi connectivity index (χ4v) is 2.57. The molecule has 5 heteroatoms.